The minimum atomic E-state index is -4.94. The van der Waals surface area contributed by atoms with E-state index in [-0.39, 0.29) is 16.9 Å². The van der Waals surface area contributed by atoms with Crippen LogP contribution in [-0.4, -0.2) is 15.4 Å². The lowest BCUT2D eigenvalue weighted by atomic mass is 10.1. The maximum absolute atomic E-state index is 12.9. The van der Waals surface area contributed by atoms with E-state index in [9.17, 15) is 28.1 Å². The van der Waals surface area contributed by atoms with Crippen LogP contribution in [-0.2, 0) is 13.2 Å². The number of benzene rings is 1. The van der Waals surface area contributed by atoms with Gasteiger partial charge in [0.15, 0.2) is 0 Å². The van der Waals surface area contributed by atoms with Gasteiger partial charge >= 0.3 is 6.18 Å². The summed E-state index contributed by atoms with van der Waals surface area (Å²) in [5, 5.41) is 21.7. The summed E-state index contributed by atoms with van der Waals surface area (Å²) in [6, 6.07) is 5.26. The van der Waals surface area contributed by atoms with Crippen molar-refractivity contribution in [2.45, 2.75) is 6.18 Å². The second-order valence-corrected chi connectivity index (χ2v) is 4.78. The Balaban J connectivity index is 2.36. The number of amides is 1. The summed E-state index contributed by atoms with van der Waals surface area (Å²) < 4.78 is 40.1. The average molecular weight is 338 g/mol. The number of hydrogen-bond donors (Lipinski definition) is 1. The molecule has 0 bridgehead atoms. The quantitative estimate of drug-likeness (QED) is 0.686. The van der Waals surface area contributed by atoms with Crippen LogP contribution in [0.4, 0.5) is 24.5 Å². The van der Waals surface area contributed by atoms with Gasteiger partial charge in [-0.25, -0.2) is 0 Å². The minimum absolute atomic E-state index is 0.0541. The van der Waals surface area contributed by atoms with Crippen molar-refractivity contribution >= 4 is 17.3 Å². The molecule has 1 aromatic heterocycles. The molecule has 24 heavy (non-hydrogen) atoms. The fraction of sp³-hybridized carbons (Fsp3) is 0.143. The highest BCUT2D eigenvalue weighted by Gasteiger charge is 2.38. The zero-order valence-corrected chi connectivity index (χ0v) is 12.1. The highest BCUT2D eigenvalue weighted by atomic mass is 19.4. The Morgan fingerprint density at radius 1 is 1.38 bits per heavy atom. The molecule has 0 aliphatic heterocycles. The van der Waals surface area contributed by atoms with Crippen molar-refractivity contribution in [3.63, 3.8) is 0 Å². The molecular formula is C14H9F3N4O3. The van der Waals surface area contributed by atoms with Gasteiger partial charge in [-0.2, -0.15) is 18.4 Å². The molecule has 2 rings (SSSR count). The largest absolute Gasteiger partial charge is 0.423 e. The summed E-state index contributed by atoms with van der Waals surface area (Å²) in [7, 11) is 1.49. The van der Waals surface area contributed by atoms with Gasteiger partial charge in [-0.15, -0.1) is 0 Å². The third-order valence-corrected chi connectivity index (χ3v) is 3.12. The fourth-order valence-electron chi connectivity index (χ4n) is 2.05. The summed E-state index contributed by atoms with van der Waals surface area (Å²) in [6.45, 7) is 0. The molecule has 10 heteroatoms. The first-order valence-corrected chi connectivity index (χ1v) is 6.37. The molecule has 0 atom stereocenters. The van der Waals surface area contributed by atoms with Gasteiger partial charge in [0.2, 0.25) is 0 Å². The molecule has 124 valence electrons. The molecule has 0 saturated carbocycles. The Bertz CT molecular complexity index is 865. The number of halogens is 3. The standard InChI is InChI=1S/C14H9F3N4O3/c1-20-7-8(6-18)4-12(20)13(22)19-9-2-3-11(21(23)24)10(5-9)14(15,16)17/h2-5,7H,1H3,(H,19,22). The molecule has 0 unspecified atom stereocenters. The van der Waals surface area contributed by atoms with Gasteiger partial charge in [0.25, 0.3) is 11.6 Å². The van der Waals surface area contributed by atoms with Gasteiger partial charge < -0.3 is 9.88 Å². The maximum Gasteiger partial charge on any atom is 0.423 e. The Morgan fingerprint density at radius 3 is 2.54 bits per heavy atom. The van der Waals surface area contributed by atoms with Crippen molar-refractivity contribution in [1.29, 1.82) is 5.26 Å². The van der Waals surface area contributed by atoms with Crippen molar-refractivity contribution in [1.82, 2.24) is 4.57 Å². The third-order valence-electron chi connectivity index (χ3n) is 3.12. The molecule has 1 heterocycles. The van der Waals surface area contributed by atoms with Gasteiger partial charge in [-0.3, -0.25) is 14.9 Å². The van der Waals surface area contributed by atoms with E-state index in [1.165, 1.54) is 23.9 Å². The van der Waals surface area contributed by atoms with Gasteiger partial charge in [-0.05, 0) is 18.2 Å². The van der Waals surface area contributed by atoms with E-state index in [0.29, 0.717) is 12.1 Å². The molecule has 7 nitrogen and oxygen atoms in total. The molecule has 0 saturated heterocycles. The molecular weight excluding hydrogens is 329 g/mol. The van der Waals surface area contributed by atoms with Crippen LogP contribution in [0.5, 0.6) is 0 Å². The van der Waals surface area contributed by atoms with Crippen LogP contribution in [0.1, 0.15) is 21.6 Å². The summed E-state index contributed by atoms with van der Waals surface area (Å²) >= 11 is 0. The lowest BCUT2D eigenvalue weighted by molar-refractivity contribution is -0.388. The summed E-state index contributed by atoms with van der Waals surface area (Å²) in [4.78, 5) is 21.6. The van der Waals surface area contributed by atoms with E-state index < -0.39 is 28.3 Å². The zero-order valence-electron chi connectivity index (χ0n) is 12.1. The lowest BCUT2D eigenvalue weighted by Gasteiger charge is -2.11. The van der Waals surface area contributed by atoms with E-state index in [1.807, 2.05) is 6.07 Å². The lowest BCUT2D eigenvalue weighted by Crippen LogP contribution is -2.16. The number of nitro groups is 1. The van der Waals surface area contributed by atoms with Crippen molar-refractivity contribution in [3.8, 4) is 6.07 Å². The van der Waals surface area contributed by atoms with Crippen molar-refractivity contribution in [2.24, 2.45) is 7.05 Å². The van der Waals surface area contributed by atoms with Crippen molar-refractivity contribution < 1.29 is 22.9 Å². The van der Waals surface area contributed by atoms with Crippen LogP contribution in [0.25, 0.3) is 0 Å². The Kier molecular flexibility index (Phi) is 4.28. The number of anilines is 1. The van der Waals surface area contributed by atoms with Crippen LogP contribution in [0, 0.1) is 21.4 Å². The smallest absolute Gasteiger partial charge is 0.345 e. The molecule has 0 spiro atoms. The number of aryl methyl sites for hydroxylation is 1. The van der Waals surface area contributed by atoms with Gasteiger partial charge in [0, 0.05) is 25.0 Å². The first-order chi connectivity index (χ1) is 11.1. The highest BCUT2D eigenvalue weighted by molar-refractivity contribution is 6.03. The molecule has 0 radical (unpaired) electrons. The third kappa shape index (κ3) is 3.35. The number of nitrogens with one attached hydrogen (secondary N) is 1. The number of rotatable bonds is 3. The number of nitriles is 1. The molecule has 1 aromatic carbocycles. The monoisotopic (exact) mass is 338 g/mol. The second-order valence-electron chi connectivity index (χ2n) is 4.78. The van der Waals surface area contributed by atoms with Gasteiger partial charge in [0.1, 0.15) is 17.3 Å². The minimum Gasteiger partial charge on any atom is -0.345 e. The van der Waals surface area contributed by atoms with E-state index in [1.54, 1.807) is 0 Å². The Morgan fingerprint density at radius 2 is 2.04 bits per heavy atom. The maximum atomic E-state index is 12.9. The highest BCUT2D eigenvalue weighted by Crippen LogP contribution is 2.37. The van der Waals surface area contributed by atoms with E-state index in [4.69, 9.17) is 5.26 Å². The van der Waals surface area contributed by atoms with Gasteiger partial charge in [0.05, 0.1) is 10.5 Å². The van der Waals surface area contributed by atoms with E-state index in [2.05, 4.69) is 5.32 Å². The number of aromatic nitrogens is 1. The Labute approximate surface area is 133 Å². The molecule has 0 aliphatic rings. The summed E-state index contributed by atoms with van der Waals surface area (Å²) in [5.74, 6) is -0.749. The summed E-state index contributed by atoms with van der Waals surface area (Å²) in [5.41, 5.74) is -2.56. The molecule has 0 fully saturated rings. The van der Waals surface area contributed by atoms with E-state index >= 15 is 0 Å². The van der Waals surface area contributed by atoms with E-state index in [0.717, 1.165) is 6.07 Å². The van der Waals surface area contributed by atoms with Crippen molar-refractivity contribution in [3.05, 3.63) is 57.4 Å². The van der Waals surface area contributed by atoms with Gasteiger partial charge in [-0.1, -0.05) is 0 Å². The first-order valence-electron chi connectivity index (χ1n) is 6.37. The zero-order chi connectivity index (χ0) is 18.1. The molecule has 1 N–H and O–H groups in total. The van der Waals surface area contributed by atoms with Crippen LogP contribution < -0.4 is 5.32 Å². The second kappa shape index (κ2) is 6.04. The number of hydrogen-bond acceptors (Lipinski definition) is 4. The first kappa shape index (κ1) is 17.0. The average Bonchev–Trinajstić information content (AvgIpc) is 2.87. The number of nitrogens with zero attached hydrogens (tertiary/aromatic N) is 3. The molecule has 2 aromatic rings. The molecule has 0 aliphatic carbocycles. The predicted octanol–water partition coefficient (Wildman–Crippen LogP) is 3.08. The van der Waals surface area contributed by atoms with Crippen LogP contribution in [0.15, 0.2) is 30.5 Å². The van der Waals surface area contributed by atoms with Crippen molar-refractivity contribution in [2.75, 3.05) is 5.32 Å². The summed E-state index contributed by atoms with van der Waals surface area (Å²) in [6.07, 6.45) is -3.56. The Hall–Kier alpha value is -3.35. The normalized spacial score (nSPS) is 11.0. The molecule has 1 amide bonds. The van der Waals surface area contributed by atoms with Crippen LogP contribution >= 0.6 is 0 Å². The number of alkyl halides is 3. The SMILES string of the molecule is Cn1cc(C#N)cc1C(=O)Nc1ccc([N+](=O)[O-])c(C(F)(F)F)c1. The number of carbonyl (C=O) groups excluding carboxylic acids is 1. The van der Waals surface area contributed by atoms with Crippen LogP contribution in [0.3, 0.4) is 0 Å². The number of nitro benzene ring substituents is 1. The number of carbonyl (C=O) groups is 1. The topological polar surface area (TPSA) is 101 Å². The van der Waals surface area contributed by atoms with Crippen LogP contribution in [0.2, 0.25) is 0 Å². The fourth-order valence-corrected chi connectivity index (χ4v) is 2.05. The predicted molar refractivity (Wildman–Crippen MR) is 76.2 cm³/mol.